The summed E-state index contributed by atoms with van der Waals surface area (Å²) in [5.74, 6) is -2.67. The van der Waals surface area contributed by atoms with Crippen molar-refractivity contribution >= 4 is 29.5 Å². The lowest BCUT2D eigenvalue weighted by Gasteiger charge is -2.17. The van der Waals surface area contributed by atoms with Gasteiger partial charge in [-0.15, -0.1) is 0 Å². The number of carbonyl (C=O) groups excluding carboxylic acids is 4. The molecule has 0 aromatic heterocycles. The molecule has 1 aliphatic heterocycles. The minimum Gasteiger partial charge on any atom is -0.451 e. The number of nitrogens with one attached hydrogen (secondary N) is 2. The summed E-state index contributed by atoms with van der Waals surface area (Å²) in [7, 11) is 0. The maximum absolute atomic E-state index is 13.1. The van der Waals surface area contributed by atoms with Crippen LogP contribution in [0, 0.1) is 5.82 Å². The van der Waals surface area contributed by atoms with Gasteiger partial charge in [0.1, 0.15) is 17.9 Å². The molecule has 1 aromatic rings. The molecule has 2 N–H and O–H groups in total. The lowest BCUT2D eigenvalue weighted by Crippen LogP contribution is -2.42. The first-order valence-electron chi connectivity index (χ1n) is 7.50. The van der Waals surface area contributed by atoms with Gasteiger partial charge < -0.3 is 15.4 Å². The van der Waals surface area contributed by atoms with Gasteiger partial charge in [-0.2, -0.15) is 0 Å². The second kappa shape index (κ2) is 6.88. The Kier molecular flexibility index (Phi) is 5.05. The van der Waals surface area contributed by atoms with Crippen LogP contribution < -0.4 is 10.6 Å². The van der Waals surface area contributed by atoms with Crippen LogP contribution in [0.15, 0.2) is 24.3 Å². The number of ether oxygens (including phenoxy) is 1. The second-order valence-electron chi connectivity index (χ2n) is 6.08. The number of imide groups is 1. The van der Waals surface area contributed by atoms with Gasteiger partial charge in [0.25, 0.3) is 11.8 Å². The molecule has 1 atom stereocenters. The van der Waals surface area contributed by atoms with Crippen LogP contribution in [-0.4, -0.2) is 46.9 Å². The highest BCUT2D eigenvalue weighted by Gasteiger charge is 2.45. The molecule has 0 aliphatic carbocycles. The first-order chi connectivity index (χ1) is 11.6. The van der Waals surface area contributed by atoms with E-state index in [1.54, 1.807) is 0 Å². The molecule has 1 aliphatic rings. The van der Waals surface area contributed by atoms with Crippen LogP contribution in [-0.2, 0) is 19.1 Å². The van der Waals surface area contributed by atoms with Crippen LogP contribution in [0.4, 0.5) is 14.9 Å². The normalized spacial score (nSPS) is 17.0. The van der Waals surface area contributed by atoms with Crippen molar-refractivity contribution in [2.24, 2.45) is 0 Å². The molecule has 2 rings (SSSR count). The van der Waals surface area contributed by atoms with Gasteiger partial charge in [-0.25, -0.2) is 9.18 Å². The zero-order valence-corrected chi connectivity index (χ0v) is 14.0. The molecule has 0 saturated carbocycles. The number of urea groups is 1. The average Bonchev–Trinajstić information content (AvgIpc) is 2.69. The van der Waals surface area contributed by atoms with Crippen molar-refractivity contribution in [1.82, 2.24) is 10.2 Å². The number of anilines is 1. The van der Waals surface area contributed by atoms with Crippen LogP contribution in [0.2, 0.25) is 0 Å². The highest BCUT2D eigenvalue weighted by molar-refractivity contribution is 6.08. The van der Waals surface area contributed by atoms with Crippen LogP contribution in [0.1, 0.15) is 20.8 Å². The number of nitrogens with zero attached hydrogens (tertiary/aromatic N) is 1. The number of carbonyl (C=O) groups is 4. The van der Waals surface area contributed by atoms with Crippen molar-refractivity contribution in [3.05, 3.63) is 30.1 Å². The van der Waals surface area contributed by atoms with Crippen molar-refractivity contribution in [1.29, 1.82) is 0 Å². The molecular weight excluding hydrogens is 333 g/mol. The van der Waals surface area contributed by atoms with Crippen molar-refractivity contribution in [3.63, 3.8) is 0 Å². The van der Waals surface area contributed by atoms with Gasteiger partial charge in [0.05, 0.1) is 0 Å². The first-order valence-corrected chi connectivity index (χ1v) is 7.50. The predicted octanol–water partition coefficient (Wildman–Crippen LogP) is 1.03. The lowest BCUT2D eigenvalue weighted by atomic mass is 10.1. The Morgan fingerprint density at radius 2 is 2.04 bits per heavy atom. The zero-order valence-electron chi connectivity index (χ0n) is 14.0. The van der Waals surface area contributed by atoms with Crippen molar-refractivity contribution in [2.75, 3.05) is 11.9 Å². The Morgan fingerprint density at radius 3 is 2.60 bits per heavy atom. The SMILES string of the molecule is CC(OC(=O)CN1C(=O)NC(C)(C)C1=O)C(=O)Nc1cccc(F)c1. The van der Waals surface area contributed by atoms with E-state index >= 15 is 0 Å². The molecule has 134 valence electrons. The van der Waals surface area contributed by atoms with Crippen LogP contribution in [0.3, 0.4) is 0 Å². The Balaban J connectivity index is 1.90. The molecule has 8 nitrogen and oxygen atoms in total. The fraction of sp³-hybridized carbons (Fsp3) is 0.375. The van der Waals surface area contributed by atoms with E-state index in [0.29, 0.717) is 0 Å². The van der Waals surface area contributed by atoms with Gasteiger partial charge in [0, 0.05) is 5.69 Å². The summed E-state index contributed by atoms with van der Waals surface area (Å²) < 4.78 is 18.0. The molecule has 1 fully saturated rings. The Bertz CT molecular complexity index is 734. The molecule has 0 radical (unpaired) electrons. The molecule has 1 saturated heterocycles. The third kappa shape index (κ3) is 4.31. The molecule has 1 heterocycles. The van der Waals surface area contributed by atoms with Crippen molar-refractivity contribution < 1.29 is 28.3 Å². The largest absolute Gasteiger partial charge is 0.451 e. The summed E-state index contributed by atoms with van der Waals surface area (Å²) in [6.07, 6.45) is -1.19. The Labute approximate surface area is 143 Å². The molecule has 0 spiro atoms. The van der Waals surface area contributed by atoms with Crippen LogP contribution >= 0.6 is 0 Å². The topological polar surface area (TPSA) is 105 Å². The Morgan fingerprint density at radius 1 is 1.36 bits per heavy atom. The fourth-order valence-corrected chi connectivity index (χ4v) is 2.19. The molecule has 0 bridgehead atoms. The van der Waals surface area contributed by atoms with E-state index in [9.17, 15) is 23.6 Å². The van der Waals surface area contributed by atoms with Crippen LogP contribution in [0.25, 0.3) is 0 Å². The first kappa shape index (κ1) is 18.4. The maximum atomic E-state index is 13.1. The summed E-state index contributed by atoms with van der Waals surface area (Å²) in [5, 5.41) is 4.82. The average molecular weight is 351 g/mol. The van der Waals surface area contributed by atoms with E-state index in [-0.39, 0.29) is 5.69 Å². The highest BCUT2D eigenvalue weighted by Crippen LogP contribution is 2.16. The zero-order chi connectivity index (χ0) is 18.8. The summed E-state index contributed by atoms with van der Waals surface area (Å²) >= 11 is 0. The number of hydrogen-bond donors (Lipinski definition) is 2. The van der Waals surface area contributed by atoms with Gasteiger partial charge >= 0.3 is 12.0 Å². The summed E-state index contributed by atoms with van der Waals surface area (Å²) in [6, 6.07) is 4.52. The number of amides is 4. The molecule has 1 unspecified atom stereocenters. The van der Waals surface area contributed by atoms with E-state index in [2.05, 4.69) is 10.6 Å². The van der Waals surface area contributed by atoms with E-state index in [1.807, 2.05) is 0 Å². The van der Waals surface area contributed by atoms with Gasteiger partial charge in [0.2, 0.25) is 0 Å². The number of halogens is 1. The Hall–Kier alpha value is -2.97. The standard InChI is InChI=1S/C16H18FN3O5/c1-9(13(22)18-11-6-4-5-10(17)7-11)25-12(21)8-20-14(23)16(2,3)19-15(20)24/h4-7,9H,8H2,1-3H3,(H,18,22)(H,19,24). The van der Waals surface area contributed by atoms with Gasteiger partial charge in [-0.05, 0) is 39.0 Å². The molecule has 4 amide bonds. The lowest BCUT2D eigenvalue weighted by molar-refractivity contribution is -0.155. The van der Waals surface area contributed by atoms with E-state index in [4.69, 9.17) is 4.74 Å². The van der Waals surface area contributed by atoms with Gasteiger partial charge in [-0.1, -0.05) is 6.07 Å². The minimum atomic E-state index is -1.19. The van der Waals surface area contributed by atoms with Crippen LogP contribution in [0.5, 0.6) is 0 Å². The number of benzene rings is 1. The molecule has 25 heavy (non-hydrogen) atoms. The number of hydrogen-bond acceptors (Lipinski definition) is 5. The van der Waals surface area contributed by atoms with E-state index in [0.717, 1.165) is 11.0 Å². The molecule has 1 aromatic carbocycles. The maximum Gasteiger partial charge on any atom is 0.327 e. The van der Waals surface area contributed by atoms with Gasteiger partial charge in [0.15, 0.2) is 6.10 Å². The minimum absolute atomic E-state index is 0.212. The monoisotopic (exact) mass is 351 g/mol. The van der Waals surface area contributed by atoms with E-state index < -0.39 is 47.8 Å². The summed E-state index contributed by atoms with van der Waals surface area (Å²) in [5.41, 5.74) is -0.888. The summed E-state index contributed by atoms with van der Waals surface area (Å²) in [4.78, 5) is 48.3. The smallest absolute Gasteiger partial charge is 0.327 e. The van der Waals surface area contributed by atoms with Gasteiger partial charge in [-0.3, -0.25) is 19.3 Å². The summed E-state index contributed by atoms with van der Waals surface area (Å²) in [6.45, 7) is 3.73. The van der Waals surface area contributed by atoms with E-state index in [1.165, 1.54) is 39.0 Å². The highest BCUT2D eigenvalue weighted by atomic mass is 19.1. The van der Waals surface area contributed by atoms with Crippen molar-refractivity contribution in [2.45, 2.75) is 32.4 Å². The number of rotatable bonds is 5. The molecule has 9 heteroatoms. The fourth-order valence-electron chi connectivity index (χ4n) is 2.19. The quantitative estimate of drug-likeness (QED) is 0.609. The third-order valence-electron chi connectivity index (χ3n) is 3.50. The predicted molar refractivity (Wildman–Crippen MR) is 84.9 cm³/mol. The van der Waals surface area contributed by atoms with Crippen molar-refractivity contribution in [3.8, 4) is 0 Å². The third-order valence-corrected chi connectivity index (χ3v) is 3.50. The number of esters is 1. The molecular formula is C16H18FN3O5. The second-order valence-corrected chi connectivity index (χ2v) is 6.08.